The van der Waals surface area contributed by atoms with E-state index >= 15 is 0 Å². The van der Waals surface area contributed by atoms with E-state index in [0.717, 1.165) is 29.9 Å². The molecule has 1 saturated carbocycles. The van der Waals surface area contributed by atoms with E-state index in [1.54, 1.807) is 20.1 Å². The molecule has 7 rings (SSSR count). The van der Waals surface area contributed by atoms with Crippen LogP contribution >= 0.6 is 0 Å². The summed E-state index contributed by atoms with van der Waals surface area (Å²) in [6.45, 7) is 3.46. The zero-order valence-corrected chi connectivity index (χ0v) is 21.4. The fourth-order valence-corrected chi connectivity index (χ4v) is 6.08. The molecule has 2 atom stereocenters. The number of hydrogen-bond donors (Lipinski definition) is 3. The maximum atomic E-state index is 13.8. The van der Waals surface area contributed by atoms with Crippen LogP contribution in [0.3, 0.4) is 0 Å². The third kappa shape index (κ3) is 3.44. The van der Waals surface area contributed by atoms with Crippen LogP contribution in [0, 0.1) is 25.6 Å². The number of nitrogens with zero attached hydrogens (tertiary/aromatic N) is 4. The number of fused-ring (bicyclic) bond motifs is 3. The van der Waals surface area contributed by atoms with Crippen molar-refractivity contribution in [2.45, 2.75) is 50.8 Å². The highest BCUT2D eigenvalue weighted by Gasteiger charge is 2.57. The Bertz CT molecular complexity index is 1650. The van der Waals surface area contributed by atoms with Crippen LogP contribution in [-0.4, -0.2) is 43.3 Å². The fourth-order valence-electron chi connectivity index (χ4n) is 6.08. The van der Waals surface area contributed by atoms with Crippen LogP contribution in [0.4, 0.5) is 4.39 Å². The molecule has 1 aromatic carbocycles. The predicted molar refractivity (Wildman–Crippen MR) is 138 cm³/mol. The first-order valence-corrected chi connectivity index (χ1v) is 12.9. The number of nitrogens with one attached hydrogen (secondary N) is 3. The number of methoxy groups -OCH3 is 1. The summed E-state index contributed by atoms with van der Waals surface area (Å²) in [4.78, 5) is 16.4. The summed E-state index contributed by atoms with van der Waals surface area (Å²) < 4.78 is 25.7. The molecule has 10 heteroatoms. The first kappa shape index (κ1) is 23.2. The zero-order chi connectivity index (χ0) is 26.0. The number of pyridine rings is 1. The summed E-state index contributed by atoms with van der Waals surface area (Å²) in [7, 11) is 1.76. The zero-order valence-electron chi connectivity index (χ0n) is 21.4. The molecule has 194 valence electrons. The first-order valence-electron chi connectivity index (χ1n) is 12.9. The monoisotopic (exact) mass is 513 g/mol. The molecule has 38 heavy (non-hydrogen) atoms. The lowest BCUT2D eigenvalue weighted by Gasteiger charge is -2.50. The summed E-state index contributed by atoms with van der Waals surface area (Å²) in [5.41, 5.74) is 4.21. The minimum absolute atomic E-state index is 0.165. The number of aryl methyl sites for hydroxylation is 2. The number of ether oxygens (including phenoxy) is 1. The molecule has 2 aliphatic rings. The number of benzene rings is 1. The number of imidazole rings is 1. The maximum Gasteiger partial charge on any atom is 0.242 e. The molecule has 5 aromatic rings. The van der Waals surface area contributed by atoms with Crippen molar-refractivity contribution < 1.29 is 13.5 Å². The Hall–Kier alpha value is -3.89. The maximum absolute atomic E-state index is 13.8. The molecular formula is C28H28FN7O2. The van der Waals surface area contributed by atoms with Crippen molar-refractivity contribution in [2.24, 2.45) is 5.92 Å². The van der Waals surface area contributed by atoms with E-state index in [0.29, 0.717) is 35.3 Å². The van der Waals surface area contributed by atoms with Gasteiger partial charge in [0.2, 0.25) is 11.8 Å². The van der Waals surface area contributed by atoms with Gasteiger partial charge in [0.15, 0.2) is 0 Å². The van der Waals surface area contributed by atoms with E-state index in [-0.39, 0.29) is 23.9 Å². The van der Waals surface area contributed by atoms with Gasteiger partial charge in [0, 0.05) is 36.8 Å². The summed E-state index contributed by atoms with van der Waals surface area (Å²) >= 11 is 0. The Kier molecular flexibility index (Phi) is 5.24. The third-order valence-corrected chi connectivity index (χ3v) is 8.13. The molecule has 9 nitrogen and oxygen atoms in total. The lowest BCUT2D eigenvalue weighted by Crippen LogP contribution is -2.59. The number of halogens is 1. The Morgan fingerprint density at radius 3 is 2.66 bits per heavy atom. The van der Waals surface area contributed by atoms with Gasteiger partial charge in [0.1, 0.15) is 22.9 Å². The molecule has 0 radical (unpaired) electrons. The molecule has 0 saturated heterocycles. The summed E-state index contributed by atoms with van der Waals surface area (Å²) in [5, 5.41) is 13.8. The summed E-state index contributed by atoms with van der Waals surface area (Å²) in [6.07, 6.45) is 4.42. The van der Waals surface area contributed by atoms with Gasteiger partial charge in [-0.15, -0.1) is 10.2 Å². The Morgan fingerprint density at radius 2 is 1.89 bits per heavy atom. The van der Waals surface area contributed by atoms with Gasteiger partial charge in [-0.1, -0.05) is 18.2 Å². The Balaban J connectivity index is 1.38. The van der Waals surface area contributed by atoms with E-state index in [2.05, 4.69) is 48.7 Å². The number of rotatable bonds is 5. The van der Waals surface area contributed by atoms with Crippen molar-refractivity contribution in [2.75, 3.05) is 7.11 Å². The largest absolute Gasteiger partial charge is 0.423 e. The highest BCUT2D eigenvalue weighted by Crippen LogP contribution is 2.52. The second-order valence-corrected chi connectivity index (χ2v) is 10.3. The lowest BCUT2D eigenvalue weighted by atomic mass is 9.64. The van der Waals surface area contributed by atoms with Crippen molar-refractivity contribution >= 4 is 10.9 Å². The summed E-state index contributed by atoms with van der Waals surface area (Å²) in [6, 6.07) is 11.2. The van der Waals surface area contributed by atoms with Gasteiger partial charge in [0.05, 0.1) is 23.5 Å². The number of hydrogen-bond acceptors (Lipinski definition) is 7. The second-order valence-electron chi connectivity index (χ2n) is 10.3. The van der Waals surface area contributed by atoms with Gasteiger partial charge in [-0.2, -0.15) is 0 Å². The van der Waals surface area contributed by atoms with Gasteiger partial charge in [-0.05, 0) is 55.9 Å². The van der Waals surface area contributed by atoms with Crippen molar-refractivity contribution in [1.29, 1.82) is 0 Å². The van der Waals surface area contributed by atoms with Crippen molar-refractivity contribution in [3.63, 3.8) is 0 Å². The van der Waals surface area contributed by atoms with E-state index in [9.17, 15) is 4.39 Å². The predicted octanol–water partition coefficient (Wildman–Crippen LogP) is 4.65. The van der Waals surface area contributed by atoms with E-state index in [4.69, 9.17) is 14.1 Å². The van der Waals surface area contributed by atoms with E-state index in [1.807, 2.05) is 19.2 Å². The van der Waals surface area contributed by atoms with Crippen LogP contribution in [0.15, 0.2) is 47.0 Å². The molecule has 0 spiro atoms. The molecule has 1 aliphatic carbocycles. The van der Waals surface area contributed by atoms with Crippen molar-refractivity contribution in [3.05, 3.63) is 83.0 Å². The van der Waals surface area contributed by atoms with Crippen LogP contribution in [0.1, 0.15) is 53.4 Å². The van der Waals surface area contributed by atoms with Gasteiger partial charge in [0.25, 0.3) is 0 Å². The number of aromatic nitrogens is 6. The SMILES string of the molecule is COC1CC(C2(c3nnc(C)o3)N[C@@H](c3nc(-c4ccc(F)c(C)n4)c[nH]3)Cc3c2[nH]c2ccccc32)C1. The number of aromatic amines is 2. The van der Waals surface area contributed by atoms with Crippen LogP contribution in [0.5, 0.6) is 0 Å². The first-order chi connectivity index (χ1) is 18.5. The second kappa shape index (κ2) is 8.57. The number of para-hydroxylation sites is 1. The van der Waals surface area contributed by atoms with Crippen LogP contribution in [0.2, 0.25) is 0 Å². The van der Waals surface area contributed by atoms with Crippen molar-refractivity contribution in [3.8, 4) is 11.4 Å². The topological polar surface area (TPSA) is 118 Å². The average molecular weight is 514 g/mol. The molecule has 4 aromatic heterocycles. The van der Waals surface area contributed by atoms with Gasteiger partial charge in [-0.25, -0.2) is 14.4 Å². The minimum Gasteiger partial charge on any atom is -0.423 e. The lowest BCUT2D eigenvalue weighted by molar-refractivity contribution is -0.0407. The number of H-pyrrole nitrogens is 2. The minimum atomic E-state index is -0.745. The highest BCUT2D eigenvalue weighted by atomic mass is 19.1. The van der Waals surface area contributed by atoms with Crippen LogP contribution in [0.25, 0.3) is 22.3 Å². The van der Waals surface area contributed by atoms with Gasteiger partial charge >= 0.3 is 0 Å². The molecule has 1 aliphatic heterocycles. The Morgan fingerprint density at radius 1 is 1.05 bits per heavy atom. The average Bonchev–Trinajstić information content (AvgIpc) is 3.64. The molecule has 1 fully saturated rings. The standard InChI is InChI=1S/C28H28FN7O2/c1-14-20(29)8-9-22(31-14)24-13-30-26(33-24)23-12-19-18-6-4-5-7-21(18)32-25(19)28(34-23,16-10-17(11-16)37-3)27-36-35-15(2)38-27/h4-9,13,16-17,23,32,34H,10-12H2,1-3H3,(H,30,33)/t16?,17?,23-,28?/m1/s1. The van der Waals surface area contributed by atoms with Crippen LogP contribution in [-0.2, 0) is 16.7 Å². The quantitative estimate of drug-likeness (QED) is 0.313. The Labute approximate surface area is 218 Å². The van der Waals surface area contributed by atoms with E-state index in [1.165, 1.54) is 17.0 Å². The molecule has 1 unspecified atom stereocenters. The van der Waals surface area contributed by atoms with Gasteiger partial charge < -0.3 is 19.1 Å². The smallest absolute Gasteiger partial charge is 0.242 e. The van der Waals surface area contributed by atoms with Crippen LogP contribution < -0.4 is 5.32 Å². The molecule has 0 amide bonds. The van der Waals surface area contributed by atoms with Gasteiger partial charge in [-0.3, -0.25) is 5.32 Å². The normalized spacial score (nSPS) is 24.9. The highest BCUT2D eigenvalue weighted by molar-refractivity contribution is 5.85. The molecular weight excluding hydrogens is 485 g/mol. The molecule has 0 bridgehead atoms. The van der Waals surface area contributed by atoms with E-state index < -0.39 is 5.54 Å². The molecule has 3 N–H and O–H groups in total. The van der Waals surface area contributed by atoms with Crippen molar-refractivity contribution in [1.82, 2.24) is 35.5 Å². The third-order valence-electron chi connectivity index (χ3n) is 8.13. The fraction of sp³-hybridized carbons (Fsp3) is 0.357. The summed E-state index contributed by atoms with van der Waals surface area (Å²) in [5.74, 6) is 1.65. The molecule has 5 heterocycles.